The van der Waals surface area contributed by atoms with Crippen LogP contribution in [0.2, 0.25) is 5.02 Å². The molecule has 0 bridgehead atoms. The van der Waals surface area contributed by atoms with E-state index in [-0.39, 0.29) is 0 Å². The maximum atomic E-state index is 8.96. The van der Waals surface area contributed by atoms with Crippen molar-refractivity contribution in [1.82, 2.24) is 15.0 Å². The summed E-state index contributed by atoms with van der Waals surface area (Å²) in [5.74, 6) is 0. The summed E-state index contributed by atoms with van der Waals surface area (Å²) < 4.78 is 1.68. The van der Waals surface area contributed by atoms with Gasteiger partial charge in [-0.15, -0.1) is 5.10 Å². The predicted molar refractivity (Wildman–Crippen MR) is 60.9 cm³/mol. The molecule has 0 atom stereocenters. The van der Waals surface area contributed by atoms with E-state index in [2.05, 4.69) is 10.3 Å². The van der Waals surface area contributed by atoms with E-state index in [1.54, 1.807) is 16.8 Å². The minimum Gasteiger partial charge on any atom is -0.244 e. The summed E-state index contributed by atoms with van der Waals surface area (Å²) in [6.07, 6.45) is 0. The second-order valence-corrected chi connectivity index (χ2v) is 3.66. The van der Waals surface area contributed by atoms with Gasteiger partial charge in [0.2, 0.25) is 0 Å². The van der Waals surface area contributed by atoms with Crippen molar-refractivity contribution in [2.75, 3.05) is 0 Å². The van der Waals surface area contributed by atoms with Crippen LogP contribution in [0, 0.1) is 11.3 Å². The summed E-state index contributed by atoms with van der Waals surface area (Å²) in [6, 6.07) is 9.34. The van der Waals surface area contributed by atoms with Crippen LogP contribution in [0.5, 0.6) is 0 Å². The number of nitrogens with zero attached hydrogens (tertiary/aromatic N) is 4. The Balaban J connectivity index is 2.63. The van der Waals surface area contributed by atoms with Crippen molar-refractivity contribution in [3.8, 4) is 17.3 Å². The molecular weight excluding hydrogens is 224 g/mol. The van der Waals surface area contributed by atoms with Gasteiger partial charge in [-0.05, 0) is 19.1 Å². The molecule has 1 aromatic heterocycles. The number of aryl methyl sites for hydroxylation is 1. The standard InChI is InChI=1S/C11H9ClN4/c1-2-16-11(10(7-13)14-15-16)8-4-3-5-9(12)6-8/h3-6H,2H2,1H3. The summed E-state index contributed by atoms with van der Waals surface area (Å²) in [5, 5.41) is 17.3. The lowest BCUT2D eigenvalue weighted by Crippen LogP contribution is -1.99. The first-order chi connectivity index (χ1) is 7.76. The minimum absolute atomic E-state index is 0.323. The molecule has 0 unspecified atom stereocenters. The fourth-order valence-electron chi connectivity index (χ4n) is 1.53. The van der Waals surface area contributed by atoms with E-state index in [1.165, 1.54) is 0 Å². The minimum atomic E-state index is 0.323. The van der Waals surface area contributed by atoms with Crippen LogP contribution in [0.25, 0.3) is 11.3 Å². The highest BCUT2D eigenvalue weighted by molar-refractivity contribution is 6.30. The van der Waals surface area contributed by atoms with E-state index in [9.17, 15) is 0 Å². The van der Waals surface area contributed by atoms with E-state index in [4.69, 9.17) is 16.9 Å². The van der Waals surface area contributed by atoms with Gasteiger partial charge in [-0.3, -0.25) is 0 Å². The Labute approximate surface area is 98.1 Å². The van der Waals surface area contributed by atoms with Crippen molar-refractivity contribution >= 4 is 11.6 Å². The summed E-state index contributed by atoms with van der Waals surface area (Å²) in [7, 11) is 0. The molecule has 16 heavy (non-hydrogen) atoms. The molecule has 1 heterocycles. The monoisotopic (exact) mass is 232 g/mol. The zero-order valence-corrected chi connectivity index (χ0v) is 9.44. The topological polar surface area (TPSA) is 54.5 Å². The molecule has 80 valence electrons. The highest BCUT2D eigenvalue weighted by atomic mass is 35.5. The van der Waals surface area contributed by atoms with Crippen molar-refractivity contribution in [3.63, 3.8) is 0 Å². The lowest BCUT2D eigenvalue weighted by molar-refractivity contribution is 0.632. The third kappa shape index (κ3) is 1.77. The van der Waals surface area contributed by atoms with Gasteiger partial charge in [0, 0.05) is 17.1 Å². The molecule has 0 radical (unpaired) electrons. The van der Waals surface area contributed by atoms with E-state index in [1.807, 2.05) is 25.1 Å². The molecule has 0 spiro atoms. The molecule has 0 fully saturated rings. The molecule has 1 aromatic carbocycles. The van der Waals surface area contributed by atoms with Crippen molar-refractivity contribution in [2.45, 2.75) is 13.5 Å². The Kier molecular flexibility index (Phi) is 2.88. The van der Waals surface area contributed by atoms with Crippen LogP contribution in [-0.2, 0) is 6.54 Å². The Bertz CT molecular complexity index is 553. The number of nitriles is 1. The number of halogens is 1. The average Bonchev–Trinajstić information content (AvgIpc) is 2.71. The first-order valence-corrected chi connectivity index (χ1v) is 5.23. The van der Waals surface area contributed by atoms with Crippen LogP contribution < -0.4 is 0 Å². The van der Waals surface area contributed by atoms with Crippen LogP contribution in [0.15, 0.2) is 24.3 Å². The second-order valence-electron chi connectivity index (χ2n) is 3.22. The molecular formula is C11H9ClN4. The lowest BCUT2D eigenvalue weighted by atomic mass is 10.1. The third-order valence-corrected chi connectivity index (χ3v) is 2.47. The van der Waals surface area contributed by atoms with E-state index in [0.717, 1.165) is 5.56 Å². The van der Waals surface area contributed by atoms with Crippen LogP contribution in [0.4, 0.5) is 0 Å². The first-order valence-electron chi connectivity index (χ1n) is 4.85. The summed E-state index contributed by atoms with van der Waals surface area (Å²) in [5.41, 5.74) is 1.90. The molecule has 2 rings (SSSR count). The lowest BCUT2D eigenvalue weighted by Gasteiger charge is -2.03. The van der Waals surface area contributed by atoms with Crippen molar-refractivity contribution in [2.24, 2.45) is 0 Å². The molecule has 0 saturated carbocycles. The molecule has 0 N–H and O–H groups in total. The highest BCUT2D eigenvalue weighted by Crippen LogP contribution is 2.24. The summed E-state index contributed by atoms with van der Waals surface area (Å²) >= 11 is 5.92. The number of hydrogen-bond acceptors (Lipinski definition) is 3. The Morgan fingerprint density at radius 3 is 2.94 bits per heavy atom. The predicted octanol–water partition coefficient (Wildman–Crippen LogP) is 2.49. The average molecular weight is 233 g/mol. The summed E-state index contributed by atoms with van der Waals surface area (Å²) in [4.78, 5) is 0. The van der Waals surface area contributed by atoms with Gasteiger partial charge in [-0.25, -0.2) is 4.68 Å². The smallest absolute Gasteiger partial charge is 0.190 e. The van der Waals surface area contributed by atoms with Gasteiger partial charge in [0.15, 0.2) is 5.69 Å². The number of benzene rings is 1. The van der Waals surface area contributed by atoms with Gasteiger partial charge >= 0.3 is 0 Å². The van der Waals surface area contributed by atoms with E-state index >= 15 is 0 Å². The fourth-order valence-corrected chi connectivity index (χ4v) is 1.72. The Morgan fingerprint density at radius 1 is 1.50 bits per heavy atom. The first kappa shape index (κ1) is 10.7. The quantitative estimate of drug-likeness (QED) is 0.799. The molecule has 0 saturated heterocycles. The van der Waals surface area contributed by atoms with Gasteiger partial charge in [-0.1, -0.05) is 28.9 Å². The Morgan fingerprint density at radius 2 is 2.31 bits per heavy atom. The molecule has 2 aromatic rings. The maximum absolute atomic E-state index is 8.96. The van der Waals surface area contributed by atoms with Gasteiger partial charge < -0.3 is 0 Å². The van der Waals surface area contributed by atoms with Crippen LogP contribution in [0.3, 0.4) is 0 Å². The van der Waals surface area contributed by atoms with Gasteiger partial charge in [0.1, 0.15) is 11.8 Å². The molecule has 0 amide bonds. The molecule has 0 aliphatic carbocycles. The largest absolute Gasteiger partial charge is 0.244 e. The fraction of sp³-hybridized carbons (Fsp3) is 0.182. The van der Waals surface area contributed by atoms with Crippen LogP contribution >= 0.6 is 11.6 Å². The summed E-state index contributed by atoms with van der Waals surface area (Å²) in [6.45, 7) is 2.61. The molecule has 0 aliphatic rings. The SMILES string of the molecule is CCn1nnc(C#N)c1-c1cccc(Cl)c1. The second kappa shape index (κ2) is 4.33. The molecule has 0 aliphatic heterocycles. The van der Waals surface area contributed by atoms with Gasteiger partial charge in [0.25, 0.3) is 0 Å². The van der Waals surface area contributed by atoms with Crippen molar-refractivity contribution in [3.05, 3.63) is 35.0 Å². The van der Waals surface area contributed by atoms with E-state index < -0.39 is 0 Å². The maximum Gasteiger partial charge on any atom is 0.190 e. The van der Waals surface area contributed by atoms with Crippen molar-refractivity contribution < 1.29 is 0 Å². The van der Waals surface area contributed by atoms with Crippen molar-refractivity contribution in [1.29, 1.82) is 5.26 Å². The van der Waals surface area contributed by atoms with Crippen LogP contribution in [-0.4, -0.2) is 15.0 Å². The third-order valence-electron chi connectivity index (χ3n) is 2.24. The number of rotatable bonds is 2. The molecule has 5 heteroatoms. The Hall–Kier alpha value is -1.86. The number of aromatic nitrogens is 3. The molecule has 4 nitrogen and oxygen atoms in total. The zero-order valence-electron chi connectivity index (χ0n) is 8.68. The van der Waals surface area contributed by atoms with Crippen LogP contribution in [0.1, 0.15) is 12.6 Å². The van der Waals surface area contributed by atoms with Gasteiger partial charge in [-0.2, -0.15) is 5.26 Å². The normalized spacial score (nSPS) is 10.1. The van der Waals surface area contributed by atoms with E-state index in [0.29, 0.717) is 23.0 Å². The zero-order chi connectivity index (χ0) is 11.5. The highest BCUT2D eigenvalue weighted by Gasteiger charge is 2.13. The number of hydrogen-bond donors (Lipinski definition) is 0. The van der Waals surface area contributed by atoms with Gasteiger partial charge in [0.05, 0.1) is 0 Å².